The Balaban J connectivity index is 2.40. The fraction of sp³-hybridized carbons (Fsp3) is 0.846. The van der Waals surface area contributed by atoms with E-state index in [2.05, 4.69) is 10.6 Å². The highest BCUT2D eigenvalue weighted by Crippen LogP contribution is 2.20. The van der Waals surface area contributed by atoms with Gasteiger partial charge in [-0.1, -0.05) is 19.8 Å². The topological polar surface area (TPSA) is 104 Å². The van der Waals surface area contributed by atoms with Crippen LogP contribution < -0.4 is 16.4 Å². The van der Waals surface area contributed by atoms with Crippen LogP contribution in [0.2, 0.25) is 0 Å². The van der Waals surface area contributed by atoms with Crippen molar-refractivity contribution in [1.29, 1.82) is 0 Å². The molecule has 6 nitrogen and oxygen atoms in total. The number of nitrogens with two attached hydrogens (primary N) is 1. The molecule has 0 heterocycles. The summed E-state index contributed by atoms with van der Waals surface area (Å²) in [6.45, 7) is 3.54. The fourth-order valence-corrected chi connectivity index (χ4v) is 2.19. The number of carboxylic acid groups (broad SMARTS) is 1. The molecule has 5 N–H and O–H groups in total. The Hall–Kier alpha value is -1.30. The van der Waals surface area contributed by atoms with Crippen molar-refractivity contribution in [2.24, 2.45) is 11.1 Å². The molecule has 3 atom stereocenters. The maximum absolute atomic E-state index is 11.8. The number of urea groups is 1. The van der Waals surface area contributed by atoms with Gasteiger partial charge < -0.3 is 21.5 Å². The highest BCUT2D eigenvalue weighted by molar-refractivity contribution is 5.78. The largest absolute Gasteiger partial charge is 0.481 e. The van der Waals surface area contributed by atoms with Crippen LogP contribution in [-0.4, -0.2) is 35.7 Å². The molecule has 0 aromatic carbocycles. The lowest BCUT2D eigenvalue weighted by Crippen LogP contribution is -2.53. The Labute approximate surface area is 114 Å². The average molecular weight is 271 g/mol. The zero-order chi connectivity index (χ0) is 14.5. The van der Waals surface area contributed by atoms with Crippen LogP contribution in [0.4, 0.5) is 4.79 Å². The first kappa shape index (κ1) is 15.8. The average Bonchev–Trinajstić information content (AvgIpc) is 2.38. The summed E-state index contributed by atoms with van der Waals surface area (Å²) in [4.78, 5) is 22.9. The minimum Gasteiger partial charge on any atom is -0.481 e. The van der Waals surface area contributed by atoms with Crippen LogP contribution >= 0.6 is 0 Å². The van der Waals surface area contributed by atoms with Crippen molar-refractivity contribution in [3.8, 4) is 0 Å². The summed E-state index contributed by atoms with van der Waals surface area (Å²) in [6, 6.07) is -0.341. The molecule has 1 rings (SSSR count). The van der Waals surface area contributed by atoms with E-state index in [1.165, 1.54) is 0 Å². The molecule has 3 unspecified atom stereocenters. The van der Waals surface area contributed by atoms with Gasteiger partial charge in [-0.3, -0.25) is 4.79 Å². The van der Waals surface area contributed by atoms with Crippen LogP contribution in [0.15, 0.2) is 0 Å². The summed E-state index contributed by atoms with van der Waals surface area (Å²) in [7, 11) is 0. The Morgan fingerprint density at radius 2 is 2.00 bits per heavy atom. The SMILES string of the molecule is CCC(C)(CNC(=O)NC1CCCCC1N)C(=O)O. The Bertz CT molecular complexity index is 335. The van der Waals surface area contributed by atoms with Crippen LogP contribution in [0.25, 0.3) is 0 Å². The first-order chi connectivity index (χ1) is 8.89. The van der Waals surface area contributed by atoms with Gasteiger partial charge in [0.1, 0.15) is 0 Å². The second-order valence-corrected chi connectivity index (χ2v) is 5.60. The van der Waals surface area contributed by atoms with Crippen LogP contribution in [-0.2, 0) is 4.79 Å². The summed E-state index contributed by atoms with van der Waals surface area (Å²) in [6.07, 6.45) is 4.45. The van der Waals surface area contributed by atoms with Gasteiger partial charge in [0.05, 0.1) is 5.41 Å². The van der Waals surface area contributed by atoms with E-state index in [1.807, 2.05) is 0 Å². The molecular weight excluding hydrogens is 246 g/mol. The van der Waals surface area contributed by atoms with Gasteiger partial charge in [-0.15, -0.1) is 0 Å². The van der Waals surface area contributed by atoms with Gasteiger partial charge in [-0.05, 0) is 26.2 Å². The number of nitrogens with one attached hydrogen (secondary N) is 2. The molecule has 19 heavy (non-hydrogen) atoms. The molecule has 0 bridgehead atoms. The van der Waals surface area contributed by atoms with Crippen LogP contribution in [0.5, 0.6) is 0 Å². The van der Waals surface area contributed by atoms with E-state index in [0.29, 0.717) is 6.42 Å². The monoisotopic (exact) mass is 271 g/mol. The minimum absolute atomic E-state index is 0.00321. The molecule has 0 aliphatic heterocycles. The number of amides is 2. The zero-order valence-electron chi connectivity index (χ0n) is 11.7. The molecule has 0 saturated heterocycles. The number of hydrogen-bond donors (Lipinski definition) is 4. The predicted octanol–water partition coefficient (Wildman–Crippen LogP) is 1.06. The van der Waals surface area contributed by atoms with Crippen molar-refractivity contribution in [1.82, 2.24) is 10.6 Å². The first-order valence-corrected chi connectivity index (χ1v) is 6.92. The van der Waals surface area contributed by atoms with E-state index < -0.39 is 11.4 Å². The van der Waals surface area contributed by atoms with Crippen molar-refractivity contribution < 1.29 is 14.7 Å². The number of carbonyl (C=O) groups excluding carboxylic acids is 1. The van der Waals surface area contributed by atoms with E-state index in [4.69, 9.17) is 10.8 Å². The Kier molecular flexibility index (Phi) is 5.60. The molecule has 2 amide bonds. The van der Waals surface area contributed by atoms with Gasteiger partial charge in [0.25, 0.3) is 0 Å². The molecule has 110 valence electrons. The summed E-state index contributed by atoms with van der Waals surface area (Å²) in [5.74, 6) is -0.898. The summed E-state index contributed by atoms with van der Waals surface area (Å²) in [5.41, 5.74) is 5.02. The third kappa shape index (κ3) is 4.38. The van der Waals surface area contributed by atoms with Crippen molar-refractivity contribution in [3.05, 3.63) is 0 Å². The Morgan fingerprint density at radius 1 is 1.37 bits per heavy atom. The molecule has 1 fully saturated rings. The van der Waals surface area contributed by atoms with Gasteiger partial charge in [-0.25, -0.2) is 4.79 Å². The van der Waals surface area contributed by atoms with Crippen LogP contribution in [0.3, 0.4) is 0 Å². The summed E-state index contributed by atoms with van der Waals surface area (Å²) in [5, 5.41) is 14.6. The number of rotatable bonds is 5. The minimum atomic E-state index is -0.925. The molecule has 1 aliphatic carbocycles. The van der Waals surface area contributed by atoms with Crippen molar-refractivity contribution >= 4 is 12.0 Å². The zero-order valence-corrected chi connectivity index (χ0v) is 11.7. The van der Waals surface area contributed by atoms with E-state index in [1.54, 1.807) is 13.8 Å². The number of hydrogen-bond acceptors (Lipinski definition) is 3. The number of carboxylic acids is 1. The van der Waals surface area contributed by atoms with E-state index in [0.717, 1.165) is 25.7 Å². The molecular formula is C13H25N3O3. The third-order valence-corrected chi connectivity index (χ3v) is 4.07. The maximum atomic E-state index is 11.8. The molecule has 1 aliphatic rings. The van der Waals surface area contributed by atoms with E-state index in [-0.39, 0.29) is 24.7 Å². The van der Waals surface area contributed by atoms with E-state index in [9.17, 15) is 9.59 Å². The highest BCUT2D eigenvalue weighted by Gasteiger charge is 2.32. The van der Waals surface area contributed by atoms with Crippen molar-refractivity contribution in [2.75, 3.05) is 6.54 Å². The number of carbonyl (C=O) groups is 2. The molecule has 0 aromatic rings. The molecule has 0 spiro atoms. The molecule has 1 saturated carbocycles. The second-order valence-electron chi connectivity index (χ2n) is 5.60. The van der Waals surface area contributed by atoms with Crippen LogP contribution in [0, 0.1) is 5.41 Å². The number of aliphatic carboxylic acids is 1. The fourth-order valence-electron chi connectivity index (χ4n) is 2.19. The van der Waals surface area contributed by atoms with E-state index >= 15 is 0 Å². The van der Waals surface area contributed by atoms with Gasteiger partial charge in [0, 0.05) is 18.6 Å². The quantitative estimate of drug-likeness (QED) is 0.600. The van der Waals surface area contributed by atoms with Gasteiger partial charge in [0.2, 0.25) is 0 Å². The maximum Gasteiger partial charge on any atom is 0.315 e. The first-order valence-electron chi connectivity index (χ1n) is 6.92. The van der Waals surface area contributed by atoms with Gasteiger partial charge in [0.15, 0.2) is 0 Å². The highest BCUT2D eigenvalue weighted by atomic mass is 16.4. The molecule has 0 radical (unpaired) electrons. The smallest absolute Gasteiger partial charge is 0.315 e. The lowest BCUT2D eigenvalue weighted by atomic mass is 9.88. The van der Waals surface area contributed by atoms with Crippen molar-refractivity contribution in [3.63, 3.8) is 0 Å². The lowest BCUT2D eigenvalue weighted by Gasteiger charge is -2.30. The molecule has 0 aromatic heterocycles. The second kappa shape index (κ2) is 6.75. The van der Waals surface area contributed by atoms with Gasteiger partial charge >= 0.3 is 12.0 Å². The standard InChI is InChI=1S/C13H25N3O3/c1-3-13(2,11(17)18)8-15-12(19)16-10-7-5-4-6-9(10)14/h9-10H,3-8,14H2,1-2H3,(H,17,18)(H2,15,16,19). The van der Waals surface area contributed by atoms with Gasteiger partial charge in [-0.2, -0.15) is 0 Å². The lowest BCUT2D eigenvalue weighted by molar-refractivity contribution is -0.147. The summed E-state index contributed by atoms with van der Waals surface area (Å²) >= 11 is 0. The molecule has 6 heteroatoms. The Morgan fingerprint density at radius 3 is 2.53 bits per heavy atom. The van der Waals surface area contributed by atoms with Crippen molar-refractivity contribution in [2.45, 2.75) is 58.0 Å². The summed E-state index contributed by atoms with van der Waals surface area (Å²) < 4.78 is 0. The van der Waals surface area contributed by atoms with Crippen LogP contribution in [0.1, 0.15) is 46.0 Å². The predicted molar refractivity (Wildman–Crippen MR) is 72.8 cm³/mol. The third-order valence-electron chi connectivity index (χ3n) is 4.07. The normalized spacial score (nSPS) is 26.3.